The second-order valence-electron chi connectivity index (χ2n) is 8.91. The maximum absolute atomic E-state index is 13.9. The molecule has 0 bridgehead atoms. The number of rotatable bonds is 5. The Bertz CT molecular complexity index is 1460. The van der Waals surface area contributed by atoms with E-state index in [0.29, 0.717) is 30.1 Å². The number of halogens is 1. The van der Waals surface area contributed by atoms with Gasteiger partial charge in [-0.2, -0.15) is 10.2 Å². The largest absolute Gasteiger partial charge is 0.465 e. The molecule has 2 fully saturated rings. The van der Waals surface area contributed by atoms with E-state index in [9.17, 15) is 20.0 Å². The average molecular weight is 510 g/mol. The first-order valence-electron chi connectivity index (χ1n) is 11.5. The Morgan fingerprint density at radius 3 is 2.61 bits per heavy atom. The Kier molecular flexibility index (Phi) is 6.01. The summed E-state index contributed by atoms with van der Waals surface area (Å²) in [6, 6.07) is 6.78. The molecule has 5 rings (SSSR count). The molecule has 1 saturated heterocycles. The zero-order chi connectivity index (χ0) is 25.6. The molecule has 2 aliphatic rings. The average Bonchev–Trinajstić information content (AvgIpc) is 3.67. The smallest absolute Gasteiger partial charge is 0.407 e. The normalized spacial score (nSPS) is 16.6. The van der Waals surface area contributed by atoms with Crippen molar-refractivity contribution < 1.29 is 9.90 Å². The Labute approximate surface area is 210 Å². The summed E-state index contributed by atoms with van der Waals surface area (Å²) < 4.78 is 1.51. The SMILES string of the molecule is Cc1nc(N)nc(NC(c2nc3cccc(Cl)c3c(=O)n2N2CCN(C(=O)O)CC2)C2CC2)c1C#N. The molecule has 1 aliphatic carbocycles. The molecule has 1 atom stereocenters. The Balaban J connectivity index is 1.66. The molecule has 3 aromatic rings. The number of nitriles is 1. The number of carbonyl (C=O) groups is 1. The molecule has 0 radical (unpaired) electrons. The van der Waals surface area contributed by atoms with E-state index in [0.717, 1.165) is 12.8 Å². The summed E-state index contributed by atoms with van der Waals surface area (Å²) in [4.78, 5) is 39.8. The van der Waals surface area contributed by atoms with Gasteiger partial charge in [0.15, 0.2) is 5.82 Å². The minimum Gasteiger partial charge on any atom is -0.465 e. The Morgan fingerprint density at radius 1 is 1.25 bits per heavy atom. The molecule has 36 heavy (non-hydrogen) atoms. The molecular formula is C23H24ClN9O3. The number of carboxylic acid groups (broad SMARTS) is 1. The number of nitrogens with two attached hydrogens (primary N) is 1. The van der Waals surface area contributed by atoms with Crippen LogP contribution in [-0.4, -0.2) is 61.9 Å². The lowest BCUT2D eigenvalue weighted by atomic mass is 10.1. The molecule has 13 heteroatoms. The van der Waals surface area contributed by atoms with E-state index in [-0.39, 0.29) is 52.3 Å². The van der Waals surface area contributed by atoms with Crippen LogP contribution in [0, 0.1) is 24.2 Å². The van der Waals surface area contributed by atoms with Crippen LogP contribution in [0.2, 0.25) is 5.02 Å². The van der Waals surface area contributed by atoms with Gasteiger partial charge in [0.05, 0.1) is 40.8 Å². The number of aryl methyl sites for hydroxylation is 1. The summed E-state index contributed by atoms with van der Waals surface area (Å²) in [6.45, 7) is 2.77. The number of hydrogen-bond acceptors (Lipinski definition) is 9. The van der Waals surface area contributed by atoms with Crippen LogP contribution in [0.3, 0.4) is 0 Å². The van der Waals surface area contributed by atoms with Crippen molar-refractivity contribution in [3.8, 4) is 6.07 Å². The lowest BCUT2D eigenvalue weighted by Gasteiger charge is -2.37. The van der Waals surface area contributed by atoms with Crippen LogP contribution >= 0.6 is 11.6 Å². The number of aromatic nitrogens is 4. The third-order valence-corrected chi connectivity index (χ3v) is 6.86. The van der Waals surface area contributed by atoms with Crippen molar-refractivity contribution in [2.75, 3.05) is 42.2 Å². The van der Waals surface area contributed by atoms with Crippen molar-refractivity contribution in [2.24, 2.45) is 5.92 Å². The molecule has 1 unspecified atom stereocenters. The quantitative estimate of drug-likeness (QED) is 0.463. The summed E-state index contributed by atoms with van der Waals surface area (Å²) >= 11 is 6.41. The first kappa shape index (κ1) is 23.6. The van der Waals surface area contributed by atoms with Gasteiger partial charge in [-0.1, -0.05) is 17.7 Å². The van der Waals surface area contributed by atoms with E-state index in [2.05, 4.69) is 21.4 Å². The number of benzene rings is 1. The molecule has 1 saturated carbocycles. The zero-order valence-electron chi connectivity index (χ0n) is 19.5. The van der Waals surface area contributed by atoms with Gasteiger partial charge in [0, 0.05) is 13.1 Å². The first-order valence-corrected chi connectivity index (χ1v) is 11.9. The van der Waals surface area contributed by atoms with Gasteiger partial charge in [-0.25, -0.2) is 19.4 Å². The number of nitrogen functional groups attached to an aromatic ring is 1. The molecule has 1 amide bonds. The lowest BCUT2D eigenvalue weighted by molar-refractivity contribution is 0.139. The van der Waals surface area contributed by atoms with Crippen LogP contribution in [0.25, 0.3) is 10.9 Å². The minimum atomic E-state index is -1.000. The third-order valence-electron chi connectivity index (χ3n) is 6.54. The van der Waals surface area contributed by atoms with Crippen molar-refractivity contribution in [1.82, 2.24) is 24.5 Å². The van der Waals surface area contributed by atoms with Gasteiger partial charge in [0.1, 0.15) is 17.5 Å². The molecule has 4 N–H and O–H groups in total. The number of amides is 1. The van der Waals surface area contributed by atoms with E-state index in [1.165, 1.54) is 9.58 Å². The molecule has 1 aliphatic heterocycles. The fourth-order valence-corrected chi connectivity index (χ4v) is 4.81. The van der Waals surface area contributed by atoms with E-state index in [4.69, 9.17) is 22.3 Å². The van der Waals surface area contributed by atoms with E-state index in [1.54, 1.807) is 30.1 Å². The Morgan fingerprint density at radius 2 is 1.97 bits per heavy atom. The lowest BCUT2D eigenvalue weighted by Crippen LogP contribution is -2.56. The van der Waals surface area contributed by atoms with Crippen molar-refractivity contribution >= 4 is 40.4 Å². The second kappa shape index (κ2) is 9.16. The number of fused-ring (bicyclic) bond motifs is 1. The maximum Gasteiger partial charge on any atom is 0.407 e. The van der Waals surface area contributed by atoms with Gasteiger partial charge in [-0.3, -0.25) is 4.79 Å². The second-order valence-corrected chi connectivity index (χ2v) is 9.31. The molecule has 0 spiro atoms. The van der Waals surface area contributed by atoms with Gasteiger partial charge in [0.2, 0.25) is 5.95 Å². The predicted octanol–water partition coefficient (Wildman–Crippen LogP) is 2.10. The number of hydrogen-bond donors (Lipinski definition) is 3. The number of nitrogens with zero attached hydrogens (tertiary/aromatic N) is 7. The van der Waals surface area contributed by atoms with Crippen LogP contribution in [-0.2, 0) is 0 Å². The molecule has 186 valence electrons. The fraction of sp³-hybridized carbons (Fsp3) is 0.391. The summed E-state index contributed by atoms with van der Waals surface area (Å²) in [5, 5.41) is 24.8. The van der Waals surface area contributed by atoms with Crippen LogP contribution in [0.15, 0.2) is 23.0 Å². The summed E-state index contributed by atoms with van der Waals surface area (Å²) in [6.07, 6.45) is 0.796. The van der Waals surface area contributed by atoms with E-state index >= 15 is 0 Å². The van der Waals surface area contributed by atoms with Gasteiger partial charge in [-0.15, -0.1) is 0 Å². The highest BCUT2D eigenvalue weighted by Gasteiger charge is 2.38. The number of anilines is 2. The maximum atomic E-state index is 13.9. The molecule has 2 aromatic heterocycles. The summed E-state index contributed by atoms with van der Waals surface area (Å²) in [5.41, 5.74) is 6.70. The van der Waals surface area contributed by atoms with Crippen LogP contribution < -0.4 is 21.6 Å². The van der Waals surface area contributed by atoms with Gasteiger partial charge < -0.3 is 26.1 Å². The fourth-order valence-electron chi connectivity index (χ4n) is 4.56. The number of nitrogens with one attached hydrogen (secondary N) is 1. The molecule has 1 aromatic carbocycles. The predicted molar refractivity (Wildman–Crippen MR) is 134 cm³/mol. The molecule has 3 heterocycles. The van der Waals surface area contributed by atoms with E-state index in [1.807, 2.05) is 0 Å². The summed E-state index contributed by atoms with van der Waals surface area (Å²) in [7, 11) is 0. The minimum absolute atomic E-state index is 0.0315. The van der Waals surface area contributed by atoms with Crippen molar-refractivity contribution in [1.29, 1.82) is 5.26 Å². The first-order chi connectivity index (χ1) is 17.3. The molecule has 12 nitrogen and oxygen atoms in total. The van der Waals surface area contributed by atoms with Gasteiger partial charge >= 0.3 is 6.09 Å². The highest BCUT2D eigenvalue weighted by molar-refractivity contribution is 6.35. The molecular weight excluding hydrogens is 486 g/mol. The van der Waals surface area contributed by atoms with Crippen molar-refractivity contribution in [3.05, 3.63) is 50.7 Å². The topological polar surface area (TPSA) is 166 Å². The van der Waals surface area contributed by atoms with Crippen LogP contribution in [0.4, 0.5) is 16.6 Å². The third kappa shape index (κ3) is 4.22. The Hall–Kier alpha value is -4.11. The number of piperazine rings is 1. The van der Waals surface area contributed by atoms with Crippen LogP contribution in [0.5, 0.6) is 0 Å². The zero-order valence-corrected chi connectivity index (χ0v) is 20.2. The van der Waals surface area contributed by atoms with Crippen molar-refractivity contribution in [2.45, 2.75) is 25.8 Å². The van der Waals surface area contributed by atoms with Crippen LogP contribution in [0.1, 0.15) is 36.0 Å². The van der Waals surface area contributed by atoms with E-state index < -0.39 is 12.1 Å². The standard InChI is InChI=1S/C23H24ClN9O3/c1-12-14(11-25)19(30-22(26)27-12)29-18(13-5-6-13)20-28-16-4-2-3-15(24)17(16)21(34)33(20)32-9-7-31(8-10-32)23(35)36/h2-4,13,18H,5-10H2,1H3,(H,35,36)(H3,26,27,29,30). The highest BCUT2D eigenvalue weighted by Crippen LogP contribution is 2.43. The van der Waals surface area contributed by atoms with Crippen molar-refractivity contribution in [3.63, 3.8) is 0 Å². The monoisotopic (exact) mass is 509 g/mol. The van der Waals surface area contributed by atoms with Gasteiger partial charge in [0.25, 0.3) is 5.56 Å². The van der Waals surface area contributed by atoms with Gasteiger partial charge in [-0.05, 0) is 37.8 Å². The highest BCUT2D eigenvalue weighted by atomic mass is 35.5. The summed E-state index contributed by atoms with van der Waals surface area (Å²) in [5.74, 6) is 0.897.